The lowest BCUT2D eigenvalue weighted by atomic mass is 10.2. The molecular weight excluding hydrogens is 270 g/mol. The summed E-state index contributed by atoms with van der Waals surface area (Å²) in [5, 5.41) is 2.64. The summed E-state index contributed by atoms with van der Waals surface area (Å²) < 4.78 is 9.84. The van der Waals surface area contributed by atoms with E-state index in [-0.39, 0.29) is 6.61 Å². The van der Waals surface area contributed by atoms with Crippen LogP contribution in [0.15, 0.2) is 53.2 Å². The van der Waals surface area contributed by atoms with Gasteiger partial charge in [0, 0.05) is 11.8 Å². The van der Waals surface area contributed by atoms with Gasteiger partial charge in [-0.05, 0) is 37.3 Å². The standard InChI is InChI=1S/C16H15NO4/c1-12-4-6-13(7-5-12)17-15(18)11-21-16(19)9-8-14-3-2-10-20-14/h2-10H,11H2,1H3,(H,17,18). The van der Waals surface area contributed by atoms with E-state index in [0.717, 1.165) is 5.56 Å². The van der Waals surface area contributed by atoms with Gasteiger partial charge in [0.25, 0.3) is 5.91 Å². The highest BCUT2D eigenvalue weighted by Crippen LogP contribution is 2.08. The van der Waals surface area contributed by atoms with Gasteiger partial charge in [-0.25, -0.2) is 4.79 Å². The van der Waals surface area contributed by atoms with Gasteiger partial charge in [0.05, 0.1) is 6.26 Å². The van der Waals surface area contributed by atoms with E-state index in [9.17, 15) is 9.59 Å². The third-order valence-corrected chi connectivity index (χ3v) is 2.61. The summed E-state index contributed by atoms with van der Waals surface area (Å²) in [6.45, 7) is 1.62. The summed E-state index contributed by atoms with van der Waals surface area (Å²) in [6, 6.07) is 10.7. The van der Waals surface area contributed by atoms with Gasteiger partial charge < -0.3 is 14.5 Å². The molecule has 0 saturated heterocycles. The molecule has 2 aromatic rings. The van der Waals surface area contributed by atoms with Gasteiger partial charge in [-0.3, -0.25) is 4.79 Å². The Bertz CT molecular complexity index is 627. The first-order valence-corrected chi connectivity index (χ1v) is 6.38. The molecule has 0 bridgehead atoms. The van der Waals surface area contributed by atoms with Crippen molar-refractivity contribution in [3.05, 3.63) is 60.1 Å². The zero-order valence-corrected chi connectivity index (χ0v) is 11.5. The number of esters is 1. The van der Waals surface area contributed by atoms with Crippen molar-refractivity contribution in [3.63, 3.8) is 0 Å². The maximum Gasteiger partial charge on any atom is 0.331 e. The van der Waals surface area contributed by atoms with E-state index in [1.165, 1.54) is 18.4 Å². The molecule has 5 heteroatoms. The molecule has 0 spiro atoms. The number of carbonyl (C=O) groups excluding carboxylic acids is 2. The lowest BCUT2D eigenvalue weighted by Crippen LogP contribution is -2.20. The highest BCUT2D eigenvalue weighted by atomic mass is 16.5. The van der Waals surface area contributed by atoms with Crippen LogP contribution in [-0.2, 0) is 14.3 Å². The summed E-state index contributed by atoms with van der Waals surface area (Å²) in [7, 11) is 0. The van der Waals surface area contributed by atoms with E-state index < -0.39 is 11.9 Å². The van der Waals surface area contributed by atoms with Gasteiger partial charge in [-0.1, -0.05) is 17.7 Å². The number of rotatable bonds is 5. The lowest BCUT2D eigenvalue weighted by molar-refractivity contribution is -0.142. The van der Waals surface area contributed by atoms with E-state index in [0.29, 0.717) is 11.4 Å². The topological polar surface area (TPSA) is 68.5 Å². The third-order valence-electron chi connectivity index (χ3n) is 2.61. The number of benzene rings is 1. The Balaban J connectivity index is 1.75. The molecule has 1 aromatic carbocycles. The van der Waals surface area contributed by atoms with Crippen LogP contribution in [0.1, 0.15) is 11.3 Å². The van der Waals surface area contributed by atoms with E-state index >= 15 is 0 Å². The Hall–Kier alpha value is -2.82. The summed E-state index contributed by atoms with van der Waals surface area (Å²) in [4.78, 5) is 23.0. The fourth-order valence-electron chi connectivity index (χ4n) is 1.56. The number of aryl methyl sites for hydroxylation is 1. The number of ether oxygens (including phenoxy) is 1. The number of amides is 1. The van der Waals surface area contributed by atoms with Crippen LogP contribution < -0.4 is 5.32 Å². The molecule has 1 amide bonds. The average molecular weight is 285 g/mol. The maximum absolute atomic E-state index is 11.6. The van der Waals surface area contributed by atoms with Crippen LogP contribution in [0.3, 0.4) is 0 Å². The van der Waals surface area contributed by atoms with Crippen molar-refractivity contribution < 1.29 is 18.7 Å². The Morgan fingerprint density at radius 3 is 2.67 bits per heavy atom. The first-order chi connectivity index (χ1) is 10.1. The molecule has 0 unspecified atom stereocenters. The van der Waals surface area contributed by atoms with Crippen molar-refractivity contribution in [2.45, 2.75) is 6.92 Å². The summed E-state index contributed by atoms with van der Waals surface area (Å²) in [5.41, 5.74) is 1.76. The molecule has 108 valence electrons. The molecule has 1 heterocycles. The van der Waals surface area contributed by atoms with E-state index in [2.05, 4.69) is 5.32 Å². The van der Waals surface area contributed by atoms with Crippen LogP contribution in [0.4, 0.5) is 5.69 Å². The molecule has 0 aliphatic carbocycles. The van der Waals surface area contributed by atoms with E-state index in [1.807, 2.05) is 19.1 Å². The Morgan fingerprint density at radius 2 is 2.00 bits per heavy atom. The number of anilines is 1. The van der Waals surface area contributed by atoms with Crippen LogP contribution in [0.2, 0.25) is 0 Å². The molecule has 0 saturated carbocycles. The van der Waals surface area contributed by atoms with Gasteiger partial charge in [0.1, 0.15) is 5.76 Å². The molecule has 1 aromatic heterocycles. The third kappa shape index (κ3) is 4.99. The van der Waals surface area contributed by atoms with Gasteiger partial charge in [-0.2, -0.15) is 0 Å². The number of nitrogens with one attached hydrogen (secondary N) is 1. The Morgan fingerprint density at radius 1 is 1.24 bits per heavy atom. The smallest absolute Gasteiger partial charge is 0.331 e. The van der Waals surface area contributed by atoms with Crippen LogP contribution >= 0.6 is 0 Å². The second-order valence-corrected chi connectivity index (χ2v) is 4.37. The SMILES string of the molecule is Cc1ccc(NC(=O)COC(=O)C=Cc2ccco2)cc1. The van der Waals surface area contributed by atoms with Crippen molar-refractivity contribution in [1.82, 2.24) is 0 Å². The summed E-state index contributed by atoms with van der Waals surface area (Å²) >= 11 is 0. The summed E-state index contributed by atoms with van der Waals surface area (Å²) in [5.74, 6) is -0.458. The van der Waals surface area contributed by atoms with Crippen LogP contribution in [0.5, 0.6) is 0 Å². The van der Waals surface area contributed by atoms with Gasteiger partial charge in [0.2, 0.25) is 0 Å². The zero-order valence-electron chi connectivity index (χ0n) is 11.5. The number of hydrogen-bond acceptors (Lipinski definition) is 4. The van der Waals surface area contributed by atoms with Crippen LogP contribution in [0, 0.1) is 6.92 Å². The number of furan rings is 1. The molecule has 2 rings (SSSR count). The van der Waals surface area contributed by atoms with Crippen molar-refractivity contribution >= 4 is 23.6 Å². The molecule has 0 atom stereocenters. The lowest BCUT2D eigenvalue weighted by Gasteiger charge is -2.05. The Labute approximate surface area is 122 Å². The molecular formula is C16H15NO4. The molecule has 0 aliphatic rings. The molecule has 21 heavy (non-hydrogen) atoms. The normalized spacial score (nSPS) is 10.5. The predicted octanol–water partition coefficient (Wildman–Crippen LogP) is 2.78. The largest absolute Gasteiger partial charge is 0.465 e. The molecule has 0 fully saturated rings. The van der Waals surface area contributed by atoms with Gasteiger partial charge in [0.15, 0.2) is 6.61 Å². The monoisotopic (exact) mass is 285 g/mol. The highest BCUT2D eigenvalue weighted by molar-refractivity contribution is 5.94. The molecule has 0 radical (unpaired) electrons. The van der Waals surface area contributed by atoms with E-state index in [4.69, 9.17) is 9.15 Å². The fourth-order valence-corrected chi connectivity index (χ4v) is 1.56. The maximum atomic E-state index is 11.6. The summed E-state index contributed by atoms with van der Waals surface area (Å²) in [6.07, 6.45) is 4.18. The predicted molar refractivity (Wildman–Crippen MR) is 78.5 cm³/mol. The minimum atomic E-state index is -0.606. The van der Waals surface area contributed by atoms with Gasteiger partial charge >= 0.3 is 5.97 Å². The average Bonchev–Trinajstić information content (AvgIpc) is 2.99. The van der Waals surface area contributed by atoms with Gasteiger partial charge in [-0.15, -0.1) is 0 Å². The number of carbonyl (C=O) groups is 2. The minimum absolute atomic E-state index is 0.338. The zero-order chi connectivity index (χ0) is 15.1. The second kappa shape index (κ2) is 7.09. The second-order valence-electron chi connectivity index (χ2n) is 4.37. The quantitative estimate of drug-likeness (QED) is 0.677. The first-order valence-electron chi connectivity index (χ1n) is 6.38. The molecule has 0 aliphatic heterocycles. The first kappa shape index (κ1) is 14.6. The van der Waals surface area contributed by atoms with Crippen molar-refractivity contribution in [1.29, 1.82) is 0 Å². The number of hydrogen-bond donors (Lipinski definition) is 1. The van der Waals surface area contributed by atoms with Crippen molar-refractivity contribution in [2.75, 3.05) is 11.9 Å². The minimum Gasteiger partial charge on any atom is -0.465 e. The molecule has 1 N–H and O–H groups in total. The van der Waals surface area contributed by atoms with E-state index in [1.54, 1.807) is 24.3 Å². The Kier molecular flexibility index (Phi) is 4.93. The van der Waals surface area contributed by atoms with Crippen LogP contribution in [-0.4, -0.2) is 18.5 Å². The molecule has 5 nitrogen and oxygen atoms in total. The highest BCUT2D eigenvalue weighted by Gasteiger charge is 2.05. The fraction of sp³-hybridized carbons (Fsp3) is 0.125. The van der Waals surface area contributed by atoms with Crippen molar-refractivity contribution in [3.8, 4) is 0 Å². The van der Waals surface area contributed by atoms with Crippen molar-refractivity contribution in [2.24, 2.45) is 0 Å². The van der Waals surface area contributed by atoms with Crippen LogP contribution in [0.25, 0.3) is 6.08 Å².